The number of hydrogen-bond acceptors (Lipinski definition) is 4. The van der Waals surface area contributed by atoms with Crippen molar-refractivity contribution in [3.8, 4) is 0 Å². The standard InChI is InChI=1S/C12H16N2O2S/c1-2-17-11-4-3-9(7-13-11)12(16)14-6-5-10(15)8-14/h3-4,7,10,15H,2,5-6,8H2,1H3/t10-/m0/s1. The van der Waals surface area contributed by atoms with Crippen molar-refractivity contribution in [2.45, 2.75) is 24.5 Å². The summed E-state index contributed by atoms with van der Waals surface area (Å²) in [6.45, 7) is 3.13. The SMILES string of the molecule is CCSc1ccc(C(=O)N2CC[C@H](O)C2)cn1. The van der Waals surface area contributed by atoms with E-state index in [1.165, 1.54) is 0 Å². The van der Waals surface area contributed by atoms with Gasteiger partial charge in [-0.25, -0.2) is 4.98 Å². The Bertz CT molecular complexity index is 394. The molecule has 4 nitrogen and oxygen atoms in total. The number of rotatable bonds is 3. The fraction of sp³-hybridized carbons (Fsp3) is 0.500. The molecule has 0 unspecified atom stereocenters. The van der Waals surface area contributed by atoms with E-state index in [2.05, 4.69) is 11.9 Å². The zero-order valence-corrected chi connectivity index (χ0v) is 10.6. The first-order chi connectivity index (χ1) is 8.20. The highest BCUT2D eigenvalue weighted by atomic mass is 32.2. The van der Waals surface area contributed by atoms with E-state index in [1.54, 1.807) is 28.9 Å². The van der Waals surface area contributed by atoms with Crippen LogP contribution in [0.5, 0.6) is 0 Å². The predicted molar refractivity (Wildman–Crippen MR) is 67.2 cm³/mol. The molecule has 1 atom stereocenters. The number of aliphatic hydroxyl groups excluding tert-OH is 1. The molecule has 2 rings (SSSR count). The van der Waals surface area contributed by atoms with Crippen LogP contribution in [0.3, 0.4) is 0 Å². The number of carbonyl (C=O) groups is 1. The maximum atomic E-state index is 12.0. The van der Waals surface area contributed by atoms with Crippen LogP contribution >= 0.6 is 11.8 Å². The molecule has 1 amide bonds. The fourth-order valence-electron chi connectivity index (χ4n) is 1.85. The molecule has 2 heterocycles. The van der Waals surface area contributed by atoms with Gasteiger partial charge in [0.2, 0.25) is 0 Å². The number of amides is 1. The third kappa shape index (κ3) is 2.98. The number of hydrogen-bond donors (Lipinski definition) is 1. The Labute approximate surface area is 105 Å². The molecule has 0 spiro atoms. The first kappa shape index (κ1) is 12.4. The number of nitrogens with zero attached hydrogens (tertiary/aromatic N) is 2. The molecule has 1 aromatic heterocycles. The lowest BCUT2D eigenvalue weighted by Crippen LogP contribution is -2.29. The summed E-state index contributed by atoms with van der Waals surface area (Å²) < 4.78 is 0. The van der Waals surface area contributed by atoms with Crippen LogP contribution in [-0.4, -0.2) is 45.8 Å². The lowest BCUT2D eigenvalue weighted by atomic mass is 10.2. The largest absolute Gasteiger partial charge is 0.391 e. The minimum atomic E-state index is -0.373. The van der Waals surface area contributed by atoms with Gasteiger partial charge in [-0.3, -0.25) is 4.79 Å². The second-order valence-corrected chi connectivity index (χ2v) is 5.30. The van der Waals surface area contributed by atoms with Gasteiger partial charge in [-0.2, -0.15) is 0 Å². The highest BCUT2D eigenvalue weighted by molar-refractivity contribution is 7.99. The van der Waals surface area contributed by atoms with Gasteiger partial charge in [-0.15, -0.1) is 11.8 Å². The van der Waals surface area contributed by atoms with Crippen LogP contribution in [0.25, 0.3) is 0 Å². The van der Waals surface area contributed by atoms with Crippen LogP contribution in [0.2, 0.25) is 0 Å². The van der Waals surface area contributed by atoms with Crippen LogP contribution in [-0.2, 0) is 0 Å². The van der Waals surface area contributed by atoms with E-state index in [9.17, 15) is 9.90 Å². The lowest BCUT2D eigenvalue weighted by Gasteiger charge is -2.15. The Kier molecular flexibility index (Phi) is 4.02. The van der Waals surface area contributed by atoms with Crippen molar-refractivity contribution in [2.24, 2.45) is 0 Å². The Morgan fingerprint density at radius 1 is 1.65 bits per heavy atom. The lowest BCUT2D eigenvalue weighted by molar-refractivity contribution is 0.0764. The molecule has 17 heavy (non-hydrogen) atoms. The van der Waals surface area contributed by atoms with E-state index in [4.69, 9.17) is 0 Å². The highest BCUT2D eigenvalue weighted by Gasteiger charge is 2.25. The molecule has 1 fully saturated rings. The molecular formula is C12H16N2O2S. The summed E-state index contributed by atoms with van der Waals surface area (Å²) in [5.74, 6) is 0.931. The van der Waals surface area contributed by atoms with Crippen molar-refractivity contribution in [2.75, 3.05) is 18.8 Å². The van der Waals surface area contributed by atoms with Crippen molar-refractivity contribution in [3.05, 3.63) is 23.9 Å². The van der Waals surface area contributed by atoms with E-state index in [0.717, 1.165) is 10.8 Å². The van der Waals surface area contributed by atoms with Crippen molar-refractivity contribution in [1.82, 2.24) is 9.88 Å². The Morgan fingerprint density at radius 3 is 3.00 bits per heavy atom. The van der Waals surface area contributed by atoms with Gasteiger partial charge in [0.05, 0.1) is 16.7 Å². The third-order valence-electron chi connectivity index (χ3n) is 2.73. The smallest absolute Gasteiger partial charge is 0.255 e. The Hall–Kier alpha value is -1.07. The second kappa shape index (κ2) is 5.51. The van der Waals surface area contributed by atoms with Gasteiger partial charge >= 0.3 is 0 Å². The monoisotopic (exact) mass is 252 g/mol. The zero-order valence-electron chi connectivity index (χ0n) is 9.80. The van der Waals surface area contributed by atoms with E-state index in [0.29, 0.717) is 25.1 Å². The summed E-state index contributed by atoms with van der Waals surface area (Å²) in [6.07, 6.45) is 1.91. The molecule has 5 heteroatoms. The Morgan fingerprint density at radius 2 is 2.47 bits per heavy atom. The van der Waals surface area contributed by atoms with Crippen LogP contribution in [0.4, 0.5) is 0 Å². The van der Waals surface area contributed by atoms with Crippen molar-refractivity contribution >= 4 is 17.7 Å². The van der Waals surface area contributed by atoms with Crippen LogP contribution < -0.4 is 0 Å². The molecule has 1 aromatic rings. The zero-order chi connectivity index (χ0) is 12.3. The van der Waals surface area contributed by atoms with Gasteiger partial charge < -0.3 is 10.0 Å². The second-order valence-electron chi connectivity index (χ2n) is 4.01. The summed E-state index contributed by atoms with van der Waals surface area (Å²) in [7, 11) is 0. The summed E-state index contributed by atoms with van der Waals surface area (Å²) in [5, 5.41) is 10.3. The fourth-order valence-corrected chi connectivity index (χ4v) is 2.44. The van der Waals surface area contributed by atoms with Gasteiger partial charge in [0.15, 0.2) is 0 Å². The Balaban J connectivity index is 2.04. The summed E-state index contributed by atoms with van der Waals surface area (Å²) in [5.41, 5.74) is 0.597. The molecule has 0 saturated carbocycles. The quantitative estimate of drug-likeness (QED) is 0.826. The van der Waals surface area contributed by atoms with Crippen molar-refractivity contribution < 1.29 is 9.90 Å². The number of pyridine rings is 1. The topological polar surface area (TPSA) is 53.4 Å². The van der Waals surface area contributed by atoms with Gasteiger partial charge in [-0.05, 0) is 24.3 Å². The van der Waals surface area contributed by atoms with E-state index < -0.39 is 0 Å². The van der Waals surface area contributed by atoms with E-state index in [-0.39, 0.29) is 12.0 Å². The number of thioether (sulfide) groups is 1. The number of aliphatic hydroxyl groups is 1. The molecule has 0 aliphatic carbocycles. The van der Waals surface area contributed by atoms with Gasteiger partial charge in [-0.1, -0.05) is 6.92 Å². The van der Waals surface area contributed by atoms with Gasteiger partial charge in [0.1, 0.15) is 0 Å². The number of β-amino-alcohol motifs (C(OH)–C–C–N with tert-alkyl or cyclic N) is 1. The van der Waals surface area contributed by atoms with Gasteiger partial charge in [0, 0.05) is 19.3 Å². The van der Waals surface area contributed by atoms with Crippen LogP contribution in [0.15, 0.2) is 23.4 Å². The summed E-state index contributed by atoms with van der Waals surface area (Å²) in [4.78, 5) is 17.9. The summed E-state index contributed by atoms with van der Waals surface area (Å²) in [6, 6.07) is 3.67. The summed E-state index contributed by atoms with van der Waals surface area (Å²) >= 11 is 1.65. The number of carbonyl (C=O) groups excluding carboxylic acids is 1. The predicted octanol–water partition coefficient (Wildman–Crippen LogP) is 1.40. The average molecular weight is 252 g/mol. The molecule has 1 aliphatic heterocycles. The number of likely N-dealkylation sites (tertiary alicyclic amines) is 1. The van der Waals surface area contributed by atoms with Crippen LogP contribution in [0, 0.1) is 0 Å². The molecule has 92 valence electrons. The number of aromatic nitrogens is 1. The molecule has 1 N–H and O–H groups in total. The average Bonchev–Trinajstić information content (AvgIpc) is 2.76. The molecule has 1 aliphatic rings. The molecule has 0 aromatic carbocycles. The normalized spacial score (nSPS) is 19.6. The first-order valence-corrected chi connectivity index (χ1v) is 6.75. The molecule has 1 saturated heterocycles. The van der Waals surface area contributed by atoms with E-state index >= 15 is 0 Å². The minimum Gasteiger partial charge on any atom is -0.391 e. The molecule has 0 bridgehead atoms. The maximum absolute atomic E-state index is 12.0. The third-order valence-corrected chi connectivity index (χ3v) is 3.55. The highest BCUT2D eigenvalue weighted by Crippen LogP contribution is 2.17. The van der Waals surface area contributed by atoms with Crippen molar-refractivity contribution in [3.63, 3.8) is 0 Å². The molecule has 0 radical (unpaired) electrons. The molecular weight excluding hydrogens is 236 g/mol. The van der Waals surface area contributed by atoms with Gasteiger partial charge in [0.25, 0.3) is 5.91 Å². The maximum Gasteiger partial charge on any atom is 0.255 e. The first-order valence-electron chi connectivity index (χ1n) is 5.77. The van der Waals surface area contributed by atoms with Crippen LogP contribution in [0.1, 0.15) is 23.7 Å². The van der Waals surface area contributed by atoms with Crippen molar-refractivity contribution in [1.29, 1.82) is 0 Å². The van der Waals surface area contributed by atoms with E-state index in [1.807, 2.05) is 6.07 Å². The minimum absolute atomic E-state index is 0.0397.